The molecule has 0 saturated carbocycles. The predicted octanol–water partition coefficient (Wildman–Crippen LogP) is 2.45. The summed E-state index contributed by atoms with van der Waals surface area (Å²) in [5, 5.41) is 0. The van der Waals surface area contributed by atoms with Crippen molar-refractivity contribution in [2.75, 3.05) is 19.7 Å². The quantitative estimate of drug-likeness (QED) is 0.611. The molecule has 3 nitrogen and oxygen atoms in total. The van der Waals surface area contributed by atoms with E-state index in [1.807, 2.05) is 6.92 Å². The van der Waals surface area contributed by atoms with Crippen molar-refractivity contribution in [1.29, 1.82) is 0 Å². The lowest BCUT2D eigenvalue weighted by atomic mass is 9.92. The molecule has 0 heterocycles. The molecule has 0 N–H and O–H groups in total. The topological polar surface area (TPSA) is 29.5 Å². The summed E-state index contributed by atoms with van der Waals surface area (Å²) in [5.41, 5.74) is -0.0598. The Kier molecular flexibility index (Phi) is 6.57. The molecule has 1 unspecified atom stereocenters. The minimum absolute atomic E-state index is 0.0598. The summed E-state index contributed by atoms with van der Waals surface area (Å²) in [6.45, 7) is 12.8. The number of rotatable bonds is 7. The second kappa shape index (κ2) is 6.83. The lowest BCUT2D eigenvalue weighted by molar-refractivity contribution is -0.146. The Hall–Kier alpha value is -0.570. The van der Waals surface area contributed by atoms with Crippen molar-refractivity contribution in [3.63, 3.8) is 0 Å². The van der Waals surface area contributed by atoms with Crippen molar-refractivity contribution in [3.8, 4) is 0 Å². The molecule has 0 aromatic heterocycles. The smallest absolute Gasteiger partial charge is 0.307 e. The monoisotopic (exact) mass is 215 g/mol. The summed E-state index contributed by atoms with van der Waals surface area (Å²) < 4.78 is 5.01. The highest BCUT2D eigenvalue weighted by molar-refractivity contribution is 5.70. The van der Waals surface area contributed by atoms with Crippen LogP contribution in [0, 0.1) is 0 Å². The van der Waals surface area contributed by atoms with Crippen LogP contribution in [0.1, 0.15) is 47.5 Å². The molecule has 0 aromatic rings. The average molecular weight is 215 g/mol. The summed E-state index contributed by atoms with van der Waals surface area (Å²) >= 11 is 0. The van der Waals surface area contributed by atoms with Gasteiger partial charge in [0.15, 0.2) is 0 Å². The zero-order chi connectivity index (χ0) is 11.9. The molecule has 0 aliphatic carbocycles. The standard InChI is InChI=1S/C12H25NO2/c1-6-12(5,13(7-2)8-3)10-11(14)15-9-4/h6-10H2,1-5H3. The lowest BCUT2D eigenvalue weighted by Gasteiger charge is -2.39. The molecule has 0 aromatic carbocycles. The first kappa shape index (κ1) is 14.4. The van der Waals surface area contributed by atoms with Crippen LogP contribution in [0.15, 0.2) is 0 Å². The van der Waals surface area contributed by atoms with Crippen molar-refractivity contribution in [3.05, 3.63) is 0 Å². The fraction of sp³-hybridized carbons (Fsp3) is 0.917. The van der Waals surface area contributed by atoms with Gasteiger partial charge in [0, 0.05) is 5.54 Å². The Labute approximate surface area is 93.8 Å². The van der Waals surface area contributed by atoms with Crippen molar-refractivity contribution >= 4 is 5.97 Å². The molecular formula is C12H25NO2. The van der Waals surface area contributed by atoms with E-state index in [4.69, 9.17) is 4.74 Å². The number of carbonyl (C=O) groups excluding carboxylic acids is 1. The van der Waals surface area contributed by atoms with Crippen LogP contribution in [0.4, 0.5) is 0 Å². The summed E-state index contributed by atoms with van der Waals surface area (Å²) in [4.78, 5) is 13.8. The SMILES string of the molecule is CCOC(=O)CC(C)(CC)N(CC)CC. The van der Waals surface area contributed by atoms with E-state index >= 15 is 0 Å². The van der Waals surface area contributed by atoms with E-state index in [2.05, 4.69) is 32.6 Å². The van der Waals surface area contributed by atoms with Crippen molar-refractivity contribution in [2.45, 2.75) is 53.0 Å². The molecule has 0 bridgehead atoms. The van der Waals surface area contributed by atoms with E-state index in [9.17, 15) is 4.79 Å². The fourth-order valence-corrected chi connectivity index (χ4v) is 1.97. The second-order valence-corrected chi connectivity index (χ2v) is 4.00. The third-order valence-electron chi connectivity index (χ3n) is 3.12. The first-order valence-corrected chi connectivity index (χ1v) is 5.94. The average Bonchev–Trinajstić information content (AvgIpc) is 2.19. The zero-order valence-electron chi connectivity index (χ0n) is 10.8. The van der Waals surface area contributed by atoms with Gasteiger partial charge in [-0.15, -0.1) is 0 Å². The van der Waals surface area contributed by atoms with E-state index < -0.39 is 0 Å². The minimum Gasteiger partial charge on any atom is -0.466 e. The Morgan fingerprint density at radius 3 is 2.07 bits per heavy atom. The summed E-state index contributed by atoms with van der Waals surface area (Å²) in [7, 11) is 0. The van der Waals surface area contributed by atoms with Gasteiger partial charge in [-0.2, -0.15) is 0 Å². The molecular weight excluding hydrogens is 190 g/mol. The van der Waals surface area contributed by atoms with E-state index in [1.165, 1.54) is 0 Å². The van der Waals surface area contributed by atoms with Crippen LogP contribution in [0.3, 0.4) is 0 Å². The number of hydrogen-bond donors (Lipinski definition) is 0. The maximum atomic E-state index is 11.5. The molecule has 1 atom stereocenters. The summed E-state index contributed by atoms with van der Waals surface area (Å²) in [5.74, 6) is -0.0891. The van der Waals surface area contributed by atoms with Crippen LogP contribution in [0.25, 0.3) is 0 Å². The largest absolute Gasteiger partial charge is 0.466 e. The molecule has 3 heteroatoms. The van der Waals surface area contributed by atoms with Gasteiger partial charge in [-0.3, -0.25) is 9.69 Å². The third kappa shape index (κ3) is 4.20. The number of ether oxygens (including phenoxy) is 1. The highest BCUT2D eigenvalue weighted by Gasteiger charge is 2.31. The highest BCUT2D eigenvalue weighted by Crippen LogP contribution is 2.23. The maximum absolute atomic E-state index is 11.5. The van der Waals surface area contributed by atoms with Crippen LogP contribution < -0.4 is 0 Å². The zero-order valence-corrected chi connectivity index (χ0v) is 10.8. The third-order valence-corrected chi connectivity index (χ3v) is 3.12. The number of hydrogen-bond acceptors (Lipinski definition) is 3. The van der Waals surface area contributed by atoms with E-state index in [-0.39, 0.29) is 11.5 Å². The lowest BCUT2D eigenvalue weighted by Crippen LogP contribution is -2.47. The Morgan fingerprint density at radius 2 is 1.73 bits per heavy atom. The predicted molar refractivity (Wildman–Crippen MR) is 62.9 cm³/mol. The fourth-order valence-electron chi connectivity index (χ4n) is 1.97. The van der Waals surface area contributed by atoms with Gasteiger partial charge in [0.05, 0.1) is 13.0 Å². The van der Waals surface area contributed by atoms with Crippen LogP contribution in [0.2, 0.25) is 0 Å². The molecule has 0 aliphatic rings. The van der Waals surface area contributed by atoms with Gasteiger partial charge in [-0.25, -0.2) is 0 Å². The molecule has 15 heavy (non-hydrogen) atoms. The van der Waals surface area contributed by atoms with E-state index in [0.717, 1.165) is 19.5 Å². The van der Waals surface area contributed by atoms with Crippen LogP contribution in [-0.2, 0) is 9.53 Å². The second-order valence-electron chi connectivity index (χ2n) is 4.00. The molecule has 0 saturated heterocycles. The first-order chi connectivity index (χ1) is 7.03. The van der Waals surface area contributed by atoms with E-state index in [0.29, 0.717) is 13.0 Å². The highest BCUT2D eigenvalue weighted by atomic mass is 16.5. The van der Waals surface area contributed by atoms with Crippen LogP contribution in [0.5, 0.6) is 0 Å². The van der Waals surface area contributed by atoms with Gasteiger partial charge in [0.25, 0.3) is 0 Å². The molecule has 0 aliphatic heterocycles. The number of nitrogens with zero attached hydrogens (tertiary/aromatic N) is 1. The van der Waals surface area contributed by atoms with E-state index in [1.54, 1.807) is 0 Å². The van der Waals surface area contributed by atoms with Gasteiger partial charge in [0.1, 0.15) is 0 Å². The van der Waals surface area contributed by atoms with Crippen molar-refractivity contribution in [2.24, 2.45) is 0 Å². The van der Waals surface area contributed by atoms with Crippen molar-refractivity contribution < 1.29 is 9.53 Å². The van der Waals surface area contributed by atoms with Crippen LogP contribution in [-0.4, -0.2) is 36.1 Å². The molecule has 0 rings (SSSR count). The van der Waals surface area contributed by atoms with Gasteiger partial charge in [-0.05, 0) is 33.4 Å². The number of esters is 1. The molecule has 0 radical (unpaired) electrons. The minimum atomic E-state index is -0.0891. The first-order valence-electron chi connectivity index (χ1n) is 5.94. The van der Waals surface area contributed by atoms with Gasteiger partial charge >= 0.3 is 5.97 Å². The summed E-state index contributed by atoms with van der Waals surface area (Å²) in [6.07, 6.45) is 1.45. The normalized spacial score (nSPS) is 15.1. The van der Waals surface area contributed by atoms with Gasteiger partial charge < -0.3 is 4.74 Å². The van der Waals surface area contributed by atoms with Gasteiger partial charge in [0.2, 0.25) is 0 Å². The Morgan fingerprint density at radius 1 is 1.20 bits per heavy atom. The Balaban J connectivity index is 4.47. The molecule has 90 valence electrons. The molecule has 0 amide bonds. The van der Waals surface area contributed by atoms with Crippen LogP contribution >= 0.6 is 0 Å². The number of carbonyl (C=O) groups is 1. The molecule has 0 fully saturated rings. The molecule has 0 spiro atoms. The maximum Gasteiger partial charge on any atom is 0.307 e. The van der Waals surface area contributed by atoms with Crippen molar-refractivity contribution in [1.82, 2.24) is 4.90 Å². The Bertz CT molecular complexity index is 190. The summed E-state index contributed by atoms with van der Waals surface area (Å²) in [6, 6.07) is 0. The van der Waals surface area contributed by atoms with Gasteiger partial charge in [-0.1, -0.05) is 20.8 Å².